The zero-order valence-corrected chi connectivity index (χ0v) is 13.3. The third kappa shape index (κ3) is 3.46. The van der Waals surface area contributed by atoms with Crippen LogP contribution in [-0.2, 0) is 14.8 Å². The molecule has 0 aliphatic carbocycles. The third-order valence-corrected chi connectivity index (χ3v) is 6.24. The predicted octanol–water partition coefficient (Wildman–Crippen LogP) is 1.79. The van der Waals surface area contributed by atoms with Gasteiger partial charge in [-0.3, -0.25) is 0 Å². The van der Waals surface area contributed by atoms with Gasteiger partial charge in [-0.1, -0.05) is 0 Å². The monoisotopic (exact) mass is 316 g/mol. The van der Waals surface area contributed by atoms with E-state index in [4.69, 9.17) is 10.5 Å². The molecule has 1 aromatic carbocycles. The molecule has 0 saturated carbocycles. The molecule has 1 saturated heterocycles. The maximum Gasteiger partial charge on any atom is 0.242 e. The summed E-state index contributed by atoms with van der Waals surface area (Å²) in [5.41, 5.74) is 6.45. The number of thioether (sulfide) groups is 1. The number of nitrogens with two attached hydrogens (primary N) is 1. The molecule has 1 unspecified atom stereocenters. The van der Waals surface area contributed by atoms with Crippen molar-refractivity contribution in [3.8, 4) is 0 Å². The van der Waals surface area contributed by atoms with Crippen LogP contribution < -0.4 is 5.73 Å². The molecule has 1 fully saturated rings. The van der Waals surface area contributed by atoms with Crippen LogP contribution >= 0.6 is 11.8 Å². The van der Waals surface area contributed by atoms with Gasteiger partial charge in [0.25, 0.3) is 0 Å². The summed E-state index contributed by atoms with van der Waals surface area (Å²) >= 11 is 1.61. The van der Waals surface area contributed by atoms with Crippen LogP contribution in [0.4, 0.5) is 5.69 Å². The summed E-state index contributed by atoms with van der Waals surface area (Å²) in [5, 5.41) is 0. The van der Waals surface area contributed by atoms with Gasteiger partial charge in [-0.15, -0.1) is 11.8 Å². The van der Waals surface area contributed by atoms with Crippen molar-refractivity contribution in [3.63, 3.8) is 0 Å². The molecule has 1 heterocycles. The number of anilines is 1. The lowest BCUT2D eigenvalue weighted by molar-refractivity contribution is 0.129. The van der Waals surface area contributed by atoms with E-state index in [1.807, 2.05) is 0 Å². The van der Waals surface area contributed by atoms with Crippen molar-refractivity contribution in [1.29, 1.82) is 0 Å². The largest absolute Gasteiger partial charge is 0.398 e. The van der Waals surface area contributed by atoms with E-state index >= 15 is 0 Å². The zero-order chi connectivity index (χ0) is 14.8. The normalized spacial score (nSPS) is 19.6. The van der Waals surface area contributed by atoms with E-state index in [1.54, 1.807) is 23.9 Å². The minimum atomic E-state index is -3.43. The highest BCUT2D eigenvalue weighted by Crippen LogP contribution is 2.30. The average molecular weight is 316 g/mol. The molecule has 0 aromatic heterocycles. The Hall–Kier alpha value is -0.760. The van der Waals surface area contributed by atoms with Crippen LogP contribution in [0.15, 0.2) is 28.0 Å². The number of sulfonamides is 1. The van der Waals surface area contributed by atoms with Gasteiger partial charge in [0, 0.05) is 37.0 Å². The summed E-state index contributed by atoms with van der Waals surface area (Å²) < 4.78 is 30.8. The Morgan fingerprint density at radius 1 is 1.45 bits per heavy atom. The van der Waals surface area contributed by atoms with Crippen molar-refractivity contribution < 1.29 is 13.2 Å². The van der Waals surface area contributed by atoms with Gasteiger partial charge < -0.3 is 10.5 Å². The molecule has 112 valence electrons. The average Bonchev–Trinajstić information content (AvgIpc) is 2.90. The Kier molecular flexibility index (Phi) is 4.95. The van der Waals surface area contributed by atoms with E-state index < -0.39 is 10.0 Å². The van der Waals surface area contributed by atoms with E-state index in [0.29, 0.717) is 5.69 Å². The molecule has 7 heteroatoms. The summed E-state index contributed by atoms with van der Waals surface area (Å²) in [6, 6.07) is 4.89. The molecule has 1 aliphatic rings. The predicted molar refractivity (Wildman–Crippen MR) is 81.4 cm³/mol. The van der Waals surface area contributed by atoms with Gasteiger partial charge in [0.1, 0.15) is 0 Å². The van der Waals surface area contributed by atoms with E-state index in [0.717, 1.165) is 30.1 Å². The fourth-order valence-corrected chi connectivity index (χ4v) is 3.94. The fourth-order valence-electron chi connectivity index (χ4n) is 1.99. The molecular weight excluding hydrogens is 296 g/mol. The second-order valence-corrected chi connectivity index (χ2v) is 8.15. The third-order valence-electron chi connectivity index (χ3n) is 3.21. The Morgan fingerprint density at radius 2 is 2.20 bits per heavy atom. The first-order chi connectivity index (χ1) is 9.41. The molecule has 1 aromatic rings. The molecule has 5 nitrogen and oxygen atoms in total. The minimum Gasteiger partial charge on any atom is -0.398 e. The highest BCUT2D eigenvalue weighted by Gasteiger charge is 2.19. The number of rotatable bonds is 5. The zero-order valence-electron chi connectivity index (χ0n) is 11.7. The summed E-state index contributed by atoms with van der Waals surface area (Å²) in [5.74, 6) is 0.851. The molecule has 2 rings (SSSR count). The quantitative estimate of drug-likeness (QED) is 0.662. The first-order valence-electron chi connectivity index (χ1n) is 6.47. The van der Waals surface area contributed by atoms with Crippen molar-refractivity contribution in [2.45, 2.75) is 28.7 Å². The van der Waals surface area contributed by atoms with Crippen molar-refractivity contribution in [3.05, 3.63) is 18.2 Å². The summed E-state index contributed by atoms with van der Waals surface area (Å²) in [6.45, 7) is 0.834. The van der Waals surface area contributed by atoms with Gasteiger partial charge in [-0.2, -0.15) is 0 Å². The maximum atomic E-state index is 12.0. The van der Waals surface area contributed by atoms with Crippen molar-refractivity contribution >= 4 is 27.5 Å². The van der Waals surface area contributed by atoms with Gasteiger partial charge in [0.2, 0.25) is 10.0 Å². The lowest BCUT2D eigenvalue weighted by Gasteiger charge is -2.14. The first-order valence-corrected chi connectivity index (χ1v) is 8.90. The van der Waals surface area contributed by atoms with Crippen molar-refractivity contribution in [2.24, 2.45) is 0 Å². The van der Waals surface area contributed by atoms with E-state index in [9.17, 15) is 8.42 Å². The van der Waals surface area contributed by atoms with Gasteiger partial charge in [0.05, 0.1) is 11.0 Å². The van der Waals surface area contributed by atoms with Crippen LogP contribution in [0.5, 0.6) is 0 Å². The number of hydrogen-bond donors (Lipinski definition) is 1. The molecule has 0 bridgehead atoms. The topological polar surface area (TPSA) is 72.6 Å². The van der Waals surface area contributed by atoms with Crippen LogP contribution in [0, 0.1) is 0 Å². The SMILES string of the molecule is CN(C)S(=O)(=O)c1ccc(SCC2CCCO2)c(N)c1. The lowest BCUT2D eigenvalue weighted by atomic mass is 10.3. The van der Waals surface area contributed by atoms with Crippen molar-refractivity contribution in [2.75, 3.05) is 32.2 Å². The van der Waals surface area contributed by atoms with Crippen molar-refractivity contribution in [1.82, 2.24) is 4.31 Å². The highest BCUT2D eigenvalue weighted by atomic mass is 32.2. The van der Waals surface area contributed by atoms with Gasteiger partial charge in [-0.25, -0.2) is 12.7 Å². The number of ether oxygens (including phenoxy) is 1. The fraction of sp³-hybridized carbons (Fsp3) is 0.538. The summed E-state index contributed by atoms with van der Waals surface area (Å²) in [4.78, 5) is 1.12. The van der Waals surface area contributed by atoms with Gasteiger partial charge in [0.15, 0.2) is 0 Å². The summed E-state index contributed by atoms with van der Waals surface area (Å²) in [7, 11) is -0.416. The Bertz CT molecular complexity index is 567. The van der Waals surface area contributed by atoms with Gasteiger partial charge >= 0.3 is 0 Å². The van der Waals surface area contributed by atoms with Crippen LogP contribution in [0.3, 0.4) is 0 Å². The van der Waals surface area contributed by atoms with E-state index in [2.05, 4.69) is 0 Å². The Balaban J connectivity index is 2.09. The molecule has 0 spiro atoms. The molecular formula is C13H20N2O3S2. The molecule has 1 atom stereocenters. The summed E-state index contributed by atoms with van der Waals surface area (Å²) in [6.07, 6.45) is 2.48. The number of nitrogen functional groups attached to an aromatic ring is 1. The minimum absolute atomic E-state index is 0.224. The van der Waals surface area contributed by atoms with Crippen LogP contribution in [-0.4, -0.2) is 45.3 Å². The maximum absolute atomic E-state index is 12.0. The standard InChI is InChI=1S/C13H20N2O3S2/c1-15(2)20(16,17)11-5-6-13(12(14)8-11)19-9-10-4-3-7-18-10/h5-6,8,10H,3-4,7,9,14H2,1-2H3. The van der Waals surface area contributed by atoms with Crippen LogP contribution in [0.2, 0.25) is 0 Å². The highest BCUT2D eigenvalue weighted by molar-refractivity contribution is 7.99. The molecule has 20 heavy (non-hydrogen) atoms. The number of nitrogens with zero attached hydrogens (tertiary/aromatic N) is 1. The van der Waals surface area contributed by atoms with E-state index in [-0.39, 0.29) is 11.0 Å². The molecule has 1 aliphatic heterocycles. The smallest absolute Gasteiger partial charge is 0.242 e. The molecule has 0 amide bonds. The van der Waals surface area contributed by atoms with E-state index in [1.165, 1.54) is 24.5 Å². The second kappa shape index (κ2) is 6.34. The van der Waals surface area contributed by atoms with Gasteiger partial charge in [-0.05, 0) is 31.0 Å². The van der Waals surface area contributed by atoms with Crippen LogP contribution in [0.1, 0.15) is 12.8 Å². The Morgan fingerprint density at radius 3 is 2.75 bits per heavy atom. The first kappa shape index (κ1) is 15.6. The molecule has 0 radical (unpaired) electrons. The Labute approximate surface area is 124 Å². The number of benzene rings is 1. The van der Waals surface area contributed by atoms with Crippen LogP contribution in [0.25, 0.3) is 0 Å². The molecule has 2 N–H and O–H groups in total. The lowest BCUT2D eigenvalue weighted by Crippen LogP contribution is -2.22. The number of hydrogen-bond acceptors (Lipinski definition) is 5. The second-order valence-electron chi connectivity index (χ2n) is 4.93.